The van der Waals surface area contributed by atoms with Crippen molar-refractivity contribution in [1.82, 2.24) is 0 Å². The zero-order valence-corrected chi connectivity index (χ0v) is 22.4. The molecule has 1 aliphatic heterocycles. The van der Waals surface area contributed by atoms with Crippen LogP contribution in [0.3, 0.4) is 0 Å². The van der Waals surface area contributed by atoms with Crippen LogP contribution < -0.4 is 4.90 Å². The van der Waals surface area contributed by atoms with Gasteiger partial charge in [0.25, 0.3) is 5.91 Å². The van der Waals surface area contributed by atoms with Gasteiger partial charge in [0.2, 0.25) is 0 Å². The minimum atomic E-state index is -3.72. The fourth-order valence-electron chi connectivity index (χ4n) is 5.09. The van der Waals surface area contributed by atoms with Crippen molar-refractivity contribution >= 4 is 38.3 Å². The van der Waals surface area contributed by atoms with Gasteiger partial charge in [-0.05, 0) is 73.4 Å². The van der Waals surface area contributed by atoms with E-state index in [9.17, 15) is 18.0 Å². The van der Waals surface area contributed by atoms with Crippen molar-refractivity contribution in [3.05, 3.63) is 108 Å². The molecule has 0 bridgehead atoms. The zero-order valence-electron chi connectivity index (χ0n) is 21.5. The van der Waals surface area contributed by atoms with E-state index in [1.165, 1.54) is 0 Å². The van der Waals surface area contributed by atoms with E-state index in [2.05, 4.69) is 0 Å². The Morgan fingerprint density at radius 3 is 2.18 bits per heavy atom. The summed E-state index contributed by atoms with van der Waals surface area (Å²) in [5.74, 6) is -0.807. The lowest BCUT2D eigenvalue weighted by Gasteiger charge is -2.30. The average molecular weight is 528 g/mol. The minimum Gasteiger partial charge on any atom is -0.443 e. The number of nitrogens with zero attached hydrogens (tertiary/aromatic N) is 1. The molecular formula is C31H29NO5S. The number of hydrogen-bond acceptors (Lipinski definition) is 5. The Hall–Kier alpha value is -3.97. The highest BCUT2D eigenvalue weighted by Crippen LogP contribution is 2.49. The molecule has 1 atom stereocenters. The molecule has 0 N–H and O–H groups in total. The molecule has 0 saturated heterocycles. The van der Waals surface area contributed by atoms with Crippen LogP contribution in [0.4, 0.5) is 10.5 Å². The van der Waals surface area contributed by atoms with Crippen LogP contribution in [-0.2, 0) is 24.8 Å². The van der Waals surface area contributed by atoms with Crippen LogP contribution in [0.25, 0.3) is 10.8 Å². The summed E-state index contributed by atoms with van der Waals surface area (Å²) < 4.78 is 32.4. The molecule has 4 aromatic carbocycles. The molecule has 0 aromatic heterocycles. The third kappa shape index (κ3) is 4.47. The van der Waals surface area contributed by atoms with Gasteiger partial charge < -0.3 is 4.74 Å². The number of hydrogen-bond donors (Lipinski definition) is 0. The summed E-state index contributed by atoms with van der Waals surface area (Å²) in [6, 6.07) is 28.7. The van der Waals surface area contributed by atoms with Crippen molar-refractivity contribution in [3.63, 3.8) is 0 Å². The third-order valence-corrected chi connectivity index (χ3v) is 8.57. The Balaban J connectivity index is 1.69. The second kappa shape index (κ2) is 9.40. The number of imide groups is 1. The summed E-state index contributed by atoms with van der Waals surface area (Å²) in [6.45, 7) is 5.21. The maximum Gasteiger partial charge on any atom is 0.421 e. The highest BCUT2D eigenvalue weighted by Gasteiger charge is 2.55. The van der Waals surface area contributed by atoms with Gasteiger partial charge in [-0.1, -0.05) is 72.8 Å². The van der Waals surface area contributed by atoms with E-state index in [1.54, 1.807) is 75.4 Å². The summed E-state index contributed by atoms with van der Waals surface area (Å²) in [6.07, 6.45) is -0.832. The lowest BCUT2D eigenvalue weighted by Crippen LogP contribution is -2.46. The number of para-hydroxylation sites is 1. The first-order valence-corrected chi connectivity index (χ1v) is 14.1. The number of carbonyl (C=O) groups excluding carboxylic acids is 2. The van der Waals surface area contributed by atoms with Crippen molar-refractivity contribution in [3.8, 4) is 0 Å². The van der Waals surface area contributed by atoms with Crippen LogP contribution in [-0.4, -0.2) is 31.8 Å². The van der Waals surface area contributed by atoms with E-state index < -0.39 is 32.9 Å². The van der Waals surface area contributed by atoms with Crippen LogP contribution in [0.5, 0.6) is 0 Å². The second-order valence-electron chi connectivity index (χ2n) is 10.5. The first-order valence-electron chi connectivity index (χ1n) is 12.5. The Labute approximate surface area is 222 Å². The number of anilines is 1. The molecule has 0 aliphatic carbocycles. The van der Waals surface area contributed by atoms with Gasteiger partial charge in [0.05, 0.1) is 16.3 Å². The predicted octanol–water partition coefficient (Wildman–Crippen LogP) is 6.27. The fourth-order valence-corrected chi connectivity index (χ4v) is 6.47. The van der Waals surface area contributed by atoms with Gasteiger partial charge in [0, 0.05) is 0 Å². The third-order valence-electron chi connectivity index (χ3n) is 6.84. The zero-order chi connectivity index (χ0) is 27.1. The highest BCUT2D eigenvalue weighted by molar-refractivity contribution is 7.91. The van der Waals surface area contributed by atoms with Gasteiger partial charge in [0.15, 0.2) is 9.84 Å². The molecule has 0 spiro atoms. The second-order valence-corrected chi connectivity index (χ2v) is 12.6. The van der Waals surface area contributed by atoms with Crippen LogP contribution >= 0.6 is 0 Å². The Morgan fingerprint density at radius 2 is 1.47 bits per heavy atom. The number of amides is 2. The lowest BCUT2D eigenvalue weighted by atomic mass is 9.73. The normalized spacial score (nSPS) is 17.4. The van der Waals surface area contributed by atoms with Crippen LogP contribution in [0.1, 0.15) is 38.3 Å². The first-order chi connectivity index (χ1) is 18.0. The van der Waals surface area contributed by atoms with Crippen LogP contribution in [0.2, 0.25) is 0 Å². The molecule has 5 rings (SSSR count). The molecule has 7 heteroatoms. The number of carbonyl (C=O) groups is 2. The lowest BCUT2D eigenvalue weighted by molar-refractivity contribution is -0.121. The Bertz CT molecular complexity index is 1640. The molecule has 38 heavy (non-hydrogen) atoms. The molecule has 4 aromatic rings. The summed E-state index contributed by atoms with van der Waals surface area (Å²) in [7, 11) is -3.72. The number of benzene rings is 4. The fraction of sp³-hybridized carbons (Fsp3) is 0.226. The first kappa shape index (κ1) is 25.7. The maximum absolute atomic E-state index is 14.4. The van der Waals surface area contributed by atoms with Gasteiger partial charge in [-0.2, -0.15) is 0 Å². The summed E-state index contributed by atoms with van der Waals surface area (Å²) in [5, 5.41) is 1.90. The largest absolute Gasteiger partial charge is 0.443 e. The quantitative estimate of drug-likeness (QED) is 0.306. The van der Waals surface area contributed by atoms with E-state index in [0.29, 0.717) is 16.8 Å². The van der Waals surface area contributed by atoms with Gasteiger partial charge in [-0.25, -0.2) is 18.1 Å². The number of sulfone groups is 1. The molecule has 0 unspecified atom stereocenters. The van der Waals surface area contributed by atoms with Crippen LogP contribution in [0, 0.1) is 0 Å². The van der Waals surface area contributed by atoms with Crippen molar-refractivity contribution in [2.75, 3.05) is 10.7 Å². The molecule has 0 fully saturated rings. The van der Waals surface area contributed by atoms with Gasteiger partial charge in [-0.15, -0.1) is 0 Å². The molecule has 0 radical (unpaired) electrons. The molecule has 1 aliphatic rings. The van der Waals surface area contributed by atoms with Gasteiger partial charge in [0.1, 0.15) is 11.0 Å². The van der Waals surface area contributed by atoms with Crippen LogP contribution in [0.15, 0.2) is 102 Å². The van der Waals surface area contributed by atoms with Crippen molar-refractivity contribution in [2.24, 2.45) is 0 Å². The average Bonchev–Trinajstić information content (AvgIpc) is 3.15. The maximum atomic E-state index is 14.4. The van der Waals surface area contributed by atoms with E-state index in [1.807, 2.05) is 42.5 Å². The van der Waals surface area contributed by atoms with E-state index in [4.69, 9.17) is 4.74 Å². The highest BCUT2D eigenvalue weighted by atomic mass is 32.2. The molecule has 2 amide bonds. The summed E-state index contributed by atoms with van der Waals surface area (Å²) >= 11 is 0. The smallest absolute Gasteiger partial charge is 0.421 e. The number of fused-ring (bicyclic) bond motifs is 2. The SMILES string of the molecule is CC(C)(C)OC(=O)N1C(=O)[C@](CCS(=O)(=O)c2ccccc2)(c2ccc3ccccc3c2)c2ccccc21. The van der Waals surface area contributed by atoms with E-state index >= 15 is 0 Å². The van der Waals surface area contributed by atoms with E-state index in [0.717, 1.165) is 15.7 Å². The topological polar surface area (TPSA) is 80.8 Å². The molecule has 1 heterocycles. The summed E-state index contributed by atoms with van der Waals surface area (Å²) in [5.41, 5.74) is -0.620. The number of rotatable bonds is 5. The van der Waals surface area contributed by atoms with Crippen molar-refractivity contribution < 1.29 is 22.7 Å². The molecule has 0 saturated carbocycles. The monoisotopic (exact) mass is 527 g/mol. The Kier molecular flexibility index (Phi) is 6.35. The Morgan fingerprint density at radius 1 is 0.842 bits per heavy atom. The molecule has 6 nitrogen and oxygen atoms in total. The van der Waals surface area contributed by atoms with Gasteiger partial charge >= 0.3 is 6.09 Å². The minimum absolute atomic E-state index is 0.0439. The number of ether oxygens (including phenoxy) is 1. The molecular weight excluding hydrogens is 498 g/mol. The van der Waals surface area contributed by atoms with Crippen molar-refractivity contribution in [2.45, 2.75) is 43.1 Å². The van der Waals surface area contributed by atoms with Gasteiger partial charge in [-0.3, -0.25) is 4.79 Å². The van der Waals surface area contributed by atoms with Crippen molar-refractivity contribution in [1.29, 1.82) is 0 Å². The standard InChI is InChI=1S/C31H29NO5S/c1-30(2,3)37-29(34)32-27-16-10-9-15-26(27)31(28(32)33,19-20-38(35,36)25-13-5-4-6-14-25)24-18-17-22-11-7-8-12-23(22)21-24/h4-18,21H,19-20H2,1-3H3/t31-/m1/s1. The van der Waals surface area contributed by atoms with E-state index in [-0.39, 0.29) is 17.1 Å². The summed E-state index contributed by atoms with van der Waals surface area (Å²) in [4.78, 5) is 29.0. The predicted molar refractivity (Wildman–Crippen MR) is 148 cm³/mol. The molecule has 194 valence electrons.